The summed E-state index contributed by atoms with van der Waals surface area (Å²) < 4.78 is 2.28. The van der Waals surface area contributed by atoms with Gasteiger partial charge in [-0.15, -0.1) is 0 Å². The second-order valence-corrected chi connectivity index (χ2v) is 7.20. The second kappa shape index (κ2) is 6.89. The van der Waals surface area contributed by atoms with Crippen molar-refractivity contribution in [3.63, 3.8) is 0 Å². The average Bonchev–Trinajstić information content (AvgIpc) is 2.96. The molecule has 1 aliphatic rings. The Morgan fingerprint density at radius 3 is 2.64 bits per heavy atom. The first-order valence-electron chi connectivity index (χ1n) is 9.23. The van der Waals surface area contributed by atoms with E-state index in [2.05, 4.69) is 59.3 Å². The van der Waals surface area contributed by atoms with Crippen LogP contribution in [-0.2, 0) is 6.54 Å². The number of rotatable bonds is 4. The third-order valence-corrected chi connectivity index (χ3v) is 5.25. The minimum Gasteiger partial charge on any atom is -0.351 e. The van der Waals surface area contributed by atoms with E-state index in [-0.39, 0.29) is 6.04 Å². The van der Waals surface area contributed by atoms with Crippen LogP contribution in [0, 0.1) is 6.92 Å². The molecule has 3 N–H and O–H groups in total. The number of benzene rings is 2. The van der Waals surface area contributed by atoms with Crippen LogP contribution in [0.25, 0.3) is 11.0 Å². The van der Waals surface area contributed by atoms with E-state index in [9.17, 15) is 0 Å². The first kappa shape index (κ1) is 16.2. The van der Waals surface area contributed by atoms with Crippen molar-refractivity contribution in [3.8, 4) is 0 Å². The van der Waals surface area contributed by atoms with Crippen LogP contribution < -0.4 is 11.1 Å². The van der Waals surface area contributed by atoms with E-state index in [1.807, 2.05) is 6.07 Å². The van der Waals surface area contributed by atoms with E-state index < -0.39 is 0 Å². The lowest BCUT2D eigenvalue weighted by Crippen LogP contribution is -2.43. The van der Waals surface area contributed by atoms with Gasteiger partial charge >= 0.3 is 0 Å². The molecule has 1 heterocycles. The van der Waals surface area contributed by atoms with E-state index in [1.54, 1.807) is 0 Å². The Morgan fingerprint density at radius 2 is 1.84 bits per heavy atom. The first-order valence-corrected chi connectivity index (χ1v) is 9.23. The molecule has 1 aliphatic carbocycles. The molecule has 3 aromatic rings. The molecule has 0 aliphatic heterocycles. The summed E-state index contributed by atoms with van der Waals surface area (Å²) in [4.78, 5) is 4.85. The Bertz CT molecular complexity index is 850. The fourth-order valence-corrected chi connectivity index (χ4v) is 3.73. The van der Waals surface area contributed by atoms with Crippen molar-refractivity contribution < 1.29 is 0 Å². The maximum Gasteiger partial charge on any atom is 0.204 e. The van der Waals surface area contributed by atoms with Gasteiger partial charge in [0.05, 0.1) is 17.6 Å². The molecular formula is C21H26N4. The summed E-state index contributed by atoms with van der Waals surface area (Å²) >= 11 is 0. The van der Waals surface area contributed by atoms with Crippen molar-refractivity contribution in [2.75, 3.05) is 5.32 Å². The van der Waals surface area contributed by atoms with Gasteiger partial charge in [0.1, 0.15) is 0 Å². The van der Waals surface area contributed by atoms with Gasteiger partial charge in [-0.1, -0.05) is 54.8 Å². The summed E-state index contributed by atoms with van der Waals surface area (Å²) in [6, 6.07) is 17.6. The number of hydrogen-bond acceptors (Lipinski definition) is 3. The molecular weight excluding hydrogens is 308 g/mol. The first-order chi connectivity index (χ1) is 12.2. The predicted molar refractivity (Wildman–Crippen MR) is 104 cm³/mol. The zero-order valence-corrected chi connectivity index (χ0v) is 14.8. The highest BCUT2D eigenvalue weighted by Crippen LogP contribution is 2.25. The molecule has 1 fully saturated rings. The Hall–Kier alpha value is -2.33. The Kier molecular flexibility index (Phi) is 4.45. The molecule has 25 heavy (non-hydrogen) atoms. The highest BCUT2D eigenvalue weighted by molar-refractivity contribution is 5.78. The Morgan fingerprint density at radius 1 is 1.08 bits per heavy atom. The number of nitrogens with two attached hydrogens (primary N) is 1. The molecule has 2 atom stereocenters. The lowest BCUT2D eigenvalue weighted by molar-refractivity contribution is 0.401. The van der Waals surface area contributed by atoms with Crippen LogP contribution >= 0.6 is 0 Å². The number of fused-ring (bicyclic) bond motifs is 1. The van der Waals surface area contributed by atoms with Crippen molar-refractivity contribution in [3.05, 3.63) is 59.7 Å². The number of aryl methyl sites for hydroxylation is 1. The lowest BCUT2D eigenvalue weighted by Gasteiger charge is -2.29. The topological polar surface area (TPSA) is 55.9 Å². The van der Waals surface area contributed by atoms with Gasteiger partial charge in [0.2, 0.25) is 5.95 Å². The highest BCUT2D eigenvalue weighted by atomic mass is 15.2. The van der Waals surface area contributed by atoms with Crippen LogP contribution in [0.15, 0.2) is 48.5 Å². The molecule has 2 aromatic carbocycles. The Labute approximate surface area is 149 Å². The second-order valence-electron chi connectivity index (χ2n) is 7.20. The van der Waals surface area contributed by atoms with Crippen LogP contribution in [0.3, 0.4) is 0 Å². The van der Waals surface area contributed by atoms with Crippen molar-refractivity contribution in [2.24, 2.45) is 5.73 Å². The van der Waals surface area contributed by atoms with Gasteiger partial charge in [0.15, 0.2) is 0 Å². The lowest BCUT2D eigenvalue weighted by atomic mass is 9.91. The number of nitrogens with one attached hydrogen (secondary N) is 1. The minimum atomic E-state index is 0.210. The zero-order chi connectivity index (χ0) is 17.2. The van der Waals surface area contributed by atoms with E-state index >= 15 is 0 Å². The molecule has 4 nitrogen and oxygen atoms in total. The van der Waals surface area contributed by atoms with Crippen LogP contribution in [0.1, 0.15) is 36.8 Å². The zero-order valence-electron chi connectivity index (χ0n) is 14.8. The number of anilines is 1. The molecule has 1 aromatic heterocycles. The van der Waals surface area contributed by atoms with Gasteiger partial charge in [-0.2, -0.15) is 0 Å². The maximum absolute atomic E-state index is 6.34. The molecule has 0 radical (unpaired) electrons. The van der Waals surface area contributed by atoms with Crippen molar-refractivity contribution in [1.29, 1.82) is 0 Å². The standard InChI is InChI=1S/C21H26N4/c1-15-10-12-16(13-11-15)14-25-20-9-5-4-8-19(20)24-21(25)23-18-7-3-2-6-17(18)22/h4-5,8-13,17-18H,2-3,6-7,14,22H2,1H3,(H,23,24)/t17-,18+/m0/s1. The molecule has 0 amide bonds. The van der Waals surface area contributed by atoms with Crippen molar-refractivity contribution >= 4 is 17.0 Å². The summed E-state index contributed by atoms with van der Waals surface area (Å²) in [5.41, 5.74) is 11.1. The summed E-state index contributed by atoms with van der Waals surface area (Å²) in [5, 5.41) is 3.65. The summed E-state index contributed by atoms with van der Waals surface area (Å²) in [6.07, 6.45) is 4.69. The Balaban J connectivity index is 1.68. The van der Waals surface area contributed by atoms with E-state index in [1.165, 1.54) is 24.0 Å². The van der Waals surface area contributed by atoms with E-state index in [0.717, 1.165) is 36.4 Å². The largest absolute Gasteiger partial charge is 0.351 e. The molecule has 0 bridgehead atoms. The summed E-state index contributed by atoms with van der Waals surface area (Å²) in [6.45, 7) is 2.93. The minimum absolute atomic E-state index is 0.210. The SMILES string of the molecule is Cc1ccc(Cn2c(N[C@@H]3CCCC[C@@H]3N)nc3ccccc32)cc1. The molecule has 0 saturated heterocycles. The van der Waals surface area contributed by atoms with E-state index in [0.29, 0.717) is 6.04 Å². The molecule has 1 saturated carbocycles. The molecule has 0 spiro atoms. The predicted octanol–water partition coefficient (Wildman–Crippen LogP) is 4.07. The molecule has 130 valence electrons. The van der Waals surface area contributed by atoms with Gasteiger partial charge in [-0.05, 0) is 37.5 Å². The van der Waals surface area contributed by atoms with Crippen LogP contribution in [0.5, 0.6) is 0 Å². The van der Waals surface area contributed by atoms with Gasteiger partial charge in [0.25, 0.3) is 0 Å². The third-order valence-electron chi connectivity index (χ3n) is 5.25. The number of nitrogens with zero attached hydrogens (tertiary/aromatic N) is 2. The molecule has 4 heteroatoms. The quantitative estimate of drug-likeness (QED) is 0.756. The number of hydrogen-bond donors (Lipinski definition) is 2. The van der Waals surface area contributed by atoms with Crippen LogP contribution in [-0.4, -0.2) is 21.6 Å². The monoisotopic (exact) mass is 334 g/mol. The molecule has 4 rings (SSSR count). The fourth-order valence-electron chi connectivity index (χ4n) is 3.73. The van der Waals surface area contributed by atoms with Gasteiger partial charge in [-0.25, -0.2) is 4.98 Å². The van der Waals surface area contributed by atoms with Gasteiger partial charge < -0.3 is 15.6 Å². The number of imidazole rings is 1. The summed E-state index contributed by atoms with van der Waals surface area (Å²) in [7, 11) is 0. The van der Waals surface area contributed by atoms with Crippen LogP contribution in [0.2, 0.25) is 0 Å². The van der Waals surface area contributed by atoms with Gasteiger partial charge in [0, 0.05) is 12.1 Å². The number of aromatic nitrogens is 2. The summed E-state index contributed by atoms with van der Waals surface area (Å²) in [5.74, 6) is 0.934. The normalized spacial score (nSPS) is 20.7. The fraction of sp³-hybridized carbons (Fsp3) is 0.381. The van der Waals surface area contributed by atoms with Crippen molar-refractivity contribution in [1.82, 2.24) is 9.55 Å². The number of para-hydroxylation sites is 2. The third kappa shape index (κ3) is 3.40. The van der Waals surface area contributed by atoms with E-state index in [4.69, 9.17) is 10.7 Å². The average molecular weight is 334 g/mol. The highest BCUT2D eigenvalue weighted by Gasteiger charge is 2.23. The molecule has 0 unspecified atom stereocenters. The van der Waals surface area contributed by atoms with Crippen molar-refractivity contribution in [2.45, 2.75) is 51.2 Å². The maximum atomic E-state index is 6.34. The smallest absolute Gasteiger partial charge is 0.204 e. The van der Waals surface area contributed by atoms with Gasteiger partial charge in [-0.3, -0.25) is 0 Å². The van der Waals surface area contributed by atoms with Crippen LogP contribution in [0.4, 0.5) is 5.95 Å².